The molecule has 6 N–H and O–H groups in total. The number of amides is 7. The Hall–Kier alpha value is -4.75. The van der Waals surface area contributed by atoms with Crippen molar-refractivity contribution in [2.45, 2.75) is 66.2 Å². The molecule has 1 heterocycles. The SMILES string of the molecule is CC(C)C(C)C(=O)OCc1ccc(NC(=O)[C@@H](CCCNC(N)=O)NC(=O)[C@H](NC(=O)CN2C(=O)C=CC2=O)C(C)C)cc1. The zero-order valence-corrected chi connectivity index (χ0v) is 25.7. The minimum atomic E-state index is -1.08. The lowest BCUT2D eigenvalue weighted by Crippen LogP contribution is -2.56. The molecule has 0 saturated carbocycles. The van der Waals surface area contributed by atoms with Crippen LogP contribution in [0.5, 0.6) is 0 Å². The molecule has 240 valence electrons. The van der Waals surface area contributed by atoms with E-state index in [1.54, 1.807) is 45.0 Å². The van der Waals surface area contributed by atoms with Gasteiger partial charge >= 0.3 is 12.0 Å². The highest BCUT2D eigenvalue weighted by Crippen LogP contribution is 2.15. The standard InChI is InChI=1S/C30H42N6O8/c1-17(2)19(5)29(42)44-16-20-8-10-21(11-9-20)33-27(40)22(7-6-14-32-30(31)43)34-28(41)26(18(3)4)35-23(37)15-36-24(38)12-13-25(36)39/h8-13,17-19,22,26H,6-7,14-16H2,1-5H3,(H,33,40)(H,34,41)(H,35,37)(H3,31,32,43)/t19?,22-,26-/m1/s1. The van der Waals surface area contributed by atoms with Crippen LogP contribution in [0.2, 0.25) is 0 Å². The first-order valence-corrected chi connectivity index (χ1v) is 14.4. The van der Waals surface area contributed by atoms with Crippen molar-refractivity contribution < 1.29 is 38.3 Å². The number of esters is 1. The van der Waals surface area contributed by atoms with Gasteiger partial charge in [0, 0.05) is 24.4 Å². The molecule has 2 rings (SSSR count). The van der Waals surface area contributed by atoms with Gasteiger partial charge in [-0.05, 0) is 42.4 Å². The average molecular weight is 615 g/mol. The molecule has 0 spiro atoms. The highest BCUT2D eigenvalue weighted by molar-refractivity contribution is 6.14. The quantitative estimate of drug-likeness (QED) is 0.103. The predicted molar refractivity (Wildman–Crippen MR) is 160 cm³/mol. The van der Waals surface area contributed by atoms with Crippen molar-refractivity contribution in [2.75, 3.05) is 18.4 Å². The molecule has 1 aliphatic heterocycles. The van der Waals surface area contributed by atoms with E-state index >= 15 is 0 Å². The van der Waals surface area contributed by atoms with E-state index in [4.69, 9.17) is 10.5 Å². The van der Waals surface area contributed by atoms with Crippen LogP contribution in [0.3, 0.4) is 0 Å². The molecule has 1 aromatic rings. The summed E-state index contributed by atoms with van der Waals surface area (Å²) in [4.78, 5) is 86.6. The van der Waals surface area contributed by atoms with Gasteiger partial charge in [0.15, 0.2) is 0 Å². The Bertz CT molecular complexity index is 1240. The van der Waals surface area contributed by atoms with Gasteiger partial charge in [-0.15, -0.1) is 0 Å². The molecule has 1 aliphatic rings. The molecule has 0 aliphatic carbocycles. The first-order valence-electron chi connectivity index (χ1n) is 14.4. The van der Waals surface area contributed by atoms with Gasteiger partial charge in [0.05, 0.1) is 5.92 Å². The molecule has 0 radical (unpaired) electrons. The molecule has 0 bridgehead atoms. The fourth-order valence-electron chi connectivity index (χ4n) is 4.00. The molecule has 14 nitrogen and oxygen atoms in total. The van der Waals surface area contributed by atoms with Crippen molar-refractivity contribution in [3.63, 3.8) is 0 Å². The van der Waals surface area contributed by atoms with E-state index in [0.29, 0.717) is 12.1 Å². The third-order valence-corrected chi connectivity index (χ3v) is 7.04. The van der Waals surface area contributed by atoms with Crippen LogP contribution in [0.15, 0.2) is 36.4 Å². The van der Waals surface area contributed by atoms with E-state index in [1.807, 2.05) is 13.8 Å². The number of hydrogen-bond donors (Lipinski definition) is 5. The van der Waals surface area contributed by atoms with Gasteiger partial charge in [0.2, 0.25) is 17.7 Å². The number of primary amides is 1. The van der Waals surface area contributed by atoms with Gasteiger partial charge in [0.1, 0.15) is 25.2 Å². The lowest BCUT2D eigenvalue weighted by Gasteiger charge is -2.26. The van der Waals surface area contributed by atoms with Crippen LogP contribution < -0.4 is 27.0 Å². The van der Waals surface area contributed by atoms with E-state index in [0.717, 1.165) is 22.6 Å². The summed E-state index contributed by atoms with van der Waals surface area (Å²) < 4.78 is 5.36. The molecule has 1 aromatic carbocycles. The molecular weight excluding hydrogens is 572 g/mol. The van der Waals surface area contributed by atoms with Crippen LogP contribution in [-0.4, -0.2) is 71.6 Å². The summed E-state index contributed by atoms with van der Waals surface area (Å²) in [6, 6.07) is 3.79. The fraction of sp³-hybridized carbons (Fsp3) is 0.500. The predicted octanol–water partition coefficient (Wildman–Crippen LogP) is 0.960. The number of carbonyl (C=O) groups excluding carboxylic acids is 7. The van der Waals surface area contributed by atoms with Gasteiger partial charge in [0.25, 0.3) is 11.8 Å². The minimum absolute atomic E-state index is 0.0779. The molecule has 14 heteroatoms. The molecule has 44 heavy (non-hydrogen) atoms. The second-order valence-corrected chi connectivity index (χ2v) is 11.2. The van der Waals surface area contributed by atoms with Crippen molar-refractivity contribution >= 4 is 47.2 Å². The Morgan fingerprint density at radius 2 is 1.48 bits per heavy atom. The van der Waals surface area contributed by atoms with Crippen LogP contribution in [0.4, 0.5) is 10.5 Å². The molecule has 0 saturated heterocycles. The number of ether oxygens (including phenoxy) is 1. The van der Waals surface area contributed by atoms with E-state index < -0.39 is 60.1 Å². The zero-order valence-electron chi connectivity index (χ0n) is 25.7. The molecular formula is C30H42N6O8. The lowest BCUT2D eigenvalue weighted by molar-refractivity contribution is -0.150. The van der Waals surface area contributed by atoms with Crippen LogP contribution in [0, 0.1) is 17.8 Å². The van der Waals surface area contributed by atoms with E-state index in [-0.39, 0.29) is 37.4 Å². The van der Waals surface area contributed by atoms with Gasteiger partial charge in [-0.25, -0.2) is 4.79 Å². The number of nitrogens with one attached hydrogen (secondary N) is 4. The van der Waals surface area contributed by atoms with E-state index in [1.165, 1.54) is 0 Å². The van der Waals surface area contributed by atoms with Crippen molar-refractivity contribution in [3.8, 4) is 0 Å². The fourth-order valence-corrected chi connectivity index (χ4v) is 4.00. The molecule has 0 fully saturated rings. The number of hydrogen-bond acceptors (Lipinski definition) is 8. The van der Waals surface area contributed by atoms with Gasteiger partial charge in [-0.2, -0.15) is 0 Å². The summed E-state index contributed by atoms with van der Waals surface area (Å²) in [6.45, 7) is 8.73. The highest BCUT2D eigenvalue weighted by atomic mass is 16.5. The Morgan fingerprint density at radius 3 is 2.02 bits per heavy atom. The molecule has 7 amide bonds. The van der Waals surface area contributed by atoms with Crippen molar-refractivity contribution in [3.05, 3.63) is 42.0 Å². The largest absolute Gasteiger partial charge is 0.461 e. The van der Waals surface area contributed by atoms with E-state index in [9.17, 15) is 33.6 Å². The van der Waals surface area contributed by atoms with Crippen molar-refractivity contribution in [1.29, 1.82) is 0 Å². The van der Waals surface area contributed by atoms with Crippen LogP contribution in [-0.2, 0) is 40.1 Å². The van der Waals surface area contributed by atoms with Crippen LogP contribution in [0.25, 0.3) is 0 Å². The summed E-state index contributed by atoms with van der Waals surface area (Å²) >= 11 is 0. The Balaban J connectivity index is 2.06. The summed E-state index contributed by atoms with van der Waals surface area (Å²) in [6.07, 6.45) is 2.52. The van der Waals surface area contributed by atoms with Gasteiger partial charge in [-0.1, -0.05) is 46.8 Å². The van der Waals surface area contributed by atoms with Crippen molar-refractivity contribution in [1.82, 2.24) is 20.9 Å². The molecule has 1 unspecified atom stereocenters. The Kier molecular flexibility index (Phi) is 13.5. The average Bonchev–Trinajstić information content (AvgIpc) is 3.27. The first-order chi connectivity index (χ1) is 20.7. The maximum absolute atomic E-state index is 13.3. The summed E-state index contributed by atoms with van der Waals surface area (Å²) in [5.74, 6) is -3.98. The smallest absolute Gasteiger partial charge is 0.312 e. The normalized spacial score (nSPS) is 14.7. The summed E-state index contributed by atoms with van der Waals surface area (Å²) in [7, 11) is 0. The highest BCUT2D eigenvalue weighted by Gasteiger charge is 2.31. The lowest BCUT2D eigenvalue weighted by atomic mass is 9.99. The van der Waals surface area contributed by atoms with Crippen LogP contribution >= 0.6 is 0 Å². The maximum Gasteiger partial charge on any atom is 0.312 e. The summed E-state index contributed by atoms with van der Waals surface area (Å²) in [5, 5.41) is 10.4. The monoisotopic (exact) mass is 614 g/mol. The molecule has 0 aromatic heterocycles. The Morgan fingerprint density at radius 1 is 0.864 bits per heavy atom. The number of anilines is 1. The number of nitrogens with zero attached hydrogens (tertiary/aromatic N) is 1. The summed E-state index contributed by atoms with van der Waals surface area (Å²) in [5.41, 5.74) is 6.26. The number of rotatable bonds is 16. The number of carbonyl (C=O) groups is 7. The molecule has 3 atom stereocenters. The van der Waals surface area contributed by atoms with Gasteiger partial charge < -0.3 is 31.7 Å². The second-order valence-electron chi connectivity index (χ2n) is 11.2. The Labute approximate surface area is 256 Å². The van der Waals surface area contributed by atoms with Gasteiger partial charge in [-0.3, -0.25) is 33.7 Å². The maximum atomic E-state index is 13.3. The minimum Gasteiger partial charge on any atom is -0.461 e. The zero-order chi connectivity index (χ0) is 33.0. The topological polar surface area (TPSA) is 206 Å². The van der Waals surface area contributed by atoms with Crippen LogP contribution in [0.1, 0.15) is 53.0 Å². The van der Waals surface area contributed by atoms with E-state index in [2.05, 4.69) is 21.3 Å². The number of nitrogens with two attached hydrogens (primary N) is 1. The van der Waals surface area contributed by atoms with Crippen molar-refractivity contribution in [2.24, 2.45) is 23.5 Å². The number of imide groups is 1. The number of benzene rings is 1. The number of urea groups is 1. The third-order valence-electron chi connectivity index (χ3n) is 7.04. The second kappa shape index (κ2) is 16.8. The first kappa shape index (κ1) is 35.4. The third kappa shape index (κ3) is 11.2.